The largest absolute Gasteiger partial charge is 0.392 e. The first-order chi connectivity index (χ1) is 10.3. The molecule has 22 heavy (non-hydrogen) atoms. The first kappa shape index (κ1) is 21.4. The van der Waals surface area contributed by atoms with Gasteiger partial charge in [0.15, 0.2) is 0 Å². The lowest BCUT2D eigenvalue weighted by Gasteiger charge is -2.07. The van der Waals surface area contributed by atoms with E-state index in [1.807, 2.05) is 0 Å². The van der Waals surface area contributed by atoms with E-state index in [1.54, 1.807) is 11.8 Å². The highest BCUT2D eigenvalue weighted by Gasteiger charge is 2.03. The van der Waals surface area contributed by atoms with E-state index in [9.17, 15) is 0 Å². The lowest BCUT2D eigenvalue weighted by Crippen LogP contribution is -2.37. The SMILES string of the molecule is CC(C)=CCCC(C)=CCCC(C)=CCSC[C@@H](N)C(N)=S. The van der Waals surface area contributed by atoms with Gasteiger partial charge in [0, 0.05) is 11.5 Å². The molecule has 0 saturated heterocycles. The molecule has 0 aliphatic carbocycles. The summed E-state index contributed by atoms with van der Waals surface area (Å²) in [5.74, 6) is 1.77. The Morgan fingerprint density at radius 1 is 1.00 bits per heavy atom. The molecule has 0 saturated carbocycles. The first-order valence-electron chi connectivity index (χ1n) is 7.90. The maximum absolute atomic E-state index is 5.79. The molecule has 0 unspecified atom stereocenters. The van der Waals surface area contributed by atoms with Gasteiger partial charge in [0.05, 0.1) is 11.0 Å². The molecule has 0 rings (SSSR count). The Balaban J connectivity index is 3.87. The average molecular weight is 341 g/mol. The summed E-state index contributed by atoms with van der Waals surface area (Å²) < 4.78 is 0. The maximum atomic E-state index is 5.79. The van der Waals surface area contributed by atoms with Gasteiger partial charge in [-0.1, -0.05) is 47.2 Å². The molecule has 2 nitrogen and oxygen atoms in total. The minimum Gasteiger partial charge on any atom is -0.392 e. The normalized spacial score (nSPS) is 13.9. The number of allylic oxidation sites excluding steroid dienone is 5. The van der Waals surface area contributed by atoms with E-state index in [0.717, 1.165) is 30.8 Å². The first-order valence-corrected chi connectivity index (χ1v) is 9.46. The van der Waals surface area contributed by atoms with Crippen molar-refractivity contribution in [2.45, 2.75) is 59.4 Å². The fraction of sp³-hybridized carbons (Fsp3) is 0.611. The smallest absolute Gasteiger partial charge is 0.0906 e. The summed E-state index contributed by atoms with van der Waals surface area (Å²) in [6, 6.07) is -0.167. The summed E-state index contributed by atoms with van der Waals surface area (Å²) in [4.78, 5) is 0.405. The fourth-order valence-electron chi connectivity index (χ4n) is 1.82. The Kier molecular flexibility index (Phi) is 12.6. The number of nitrogens with two attached hydrogens (primary N) is 2. The van der Waals surface area contributed by atoms with Gasteiger partial charge in [-0.2, -0.15) is 11.8 Å². The van der Waals surface area contributed by atoms with E-state index >= 15 is 0 Å². The van der Waals surface area contributed by atoms with Crippen molar-refractivity contribution in [2.75, 3.05) is 11.5 Å². The fourth-order valence-corrected chi connectivity index (χ4v) is 2.98. The Labute approximate surface area is 146 Å². The lowest BCUT2D eigenvalue weighted by molar-refractivity contribution is 0.917. The molecule has 0 fully saturated rings. The van der Waals surface area contributed by atoms with Crippen LogP contribution in [0, 0.1) is 0 Å². The molecule has 0 aromatic carbocycles. The molecule has 4 heteroatoms. The zero-order valence-corrected chi connectivity index (χ0v) is 16.2. The third kappa shape index (κ3) is 13.1. The lowest BCUT2D eigenvalue weighted by atomic mass is 10.1. The van der Waals surface area contributed by atoms with Crippen molar-refractivity contribution in [2.24, 2.45) is 11.5 Å². The van der Waals surface area contributed by atoms with Crippen LogP contribution in [-0.4, -0.2) is 22.5 Å². The number of hydrogen-bond acceptors (Lipinski definition) is 3. The number of thiocarbonyl (C=S) groups is 1. The van der Waals surface area contributed by atoms with E-state index in [0.29, 0.717) is 4.99 Å². The Morgan fingerprint density at radius 2 is 1.55 bits per heavy atom. The second-order valence-electron chi connectivity index (χ2n) is 6.01. The summed E-state index contributed by atoms with van der Waals surface area (Å²) in [6.45, 7) is 8.73. The monoisotopic (exact) mass is 340 g/mol. The van der Waals surface area contributed by atoms with Gasteiger partial charge >= 0.3 is 0 Å². The van der Waals surface area contributed by atoms with Crippen LogP contribution >= 0.6 is 24.0 Å². The van der Waals surface area contributed by atoms with Crippen molar-refractivity contribution < 1.29 is 0 Å². The van der Waals surface area contributed by atoms with Crippen molar-refractivity contribution in [3.05, 3.63) is 34.9 Å². The number of thioether (sulfide) groups is 1. The van der Waals surface area contributed by atoms with Gasteiger partial charge in [-0.05, 0) is 53.4 Å². The van der Waals surface area contributed by atoms with Crippen LogP contribution in [0.5, 0.6) is 0 Å². The quantitative estimate of drug-likeness (QED) is 0.324. The van der Waals surface area contributed by atoms with Gasteiger partial charge < -0.3 is 11.5 Å². The highest BCUT2D eigenvalue weighted by Crippen LogP contribution is 2.12. The molecule has 0 amide bonds. The van der Waals surface area contributed by atoms with Crippen molar-refractivity contribution in [1.82, 2.24) is 0 Å². The summed E-state index contributed by atoms with van der Waals surface area (Å²) >= 11 is 6.64. The van der Waals surface area contributed by atoms with Crippen LogP contribution in [0.25, 0.3) is 0 Å². The number of rotatable bonds is 11. The molecule has 0 aromatic rings. The second-order valence-corrected chi connectivity index (χ2v) is 7.55. The molecule has 4 N–H and O–H groups in total. The average Bonchev–Trinajstić information content (AvgIpc) is 2.42. The van der Waals surface area contributed by atoms with Gasteiger partial charge in [-0.3, -0.25) is 0 Å². The molecule has 0 aliphatic heterocycles. The maximum Gasteiger partial charge on any atom is 0.0906 e. The van der Waals surface area contributed by atoms with Crippen molar-refractivity contribution in [3.63, 3.8) is 0 Å². The van der Waals surface area contributed by atoms with Crippen LogP contribution in [0.3, 0.4) is 0 Å². The topological polar surface area (TPSA) is 52.0 Å². The summed E-state index contributed by atoms with van der Waals surface area (Å²) in [5.41, 5.74) is 15.6. The van der Waals surface area contributed by atoms with E-state index < -0.39 is 0 Å². The van der Waals surface area contributed by atoms with Crippen molar-refractivity contribution in [3.8, 4) is 0 Å². The molecule has 0 heterocycles. The van der Waals surface area contributed by atoms with Gasteiger partial charge in [-0.25, -0.2) is 0 Å². The Morgan fingerprint density at radius 3 is 2.09 bits per heavy atom. The second kappa shape index (κ2) is 12.9. The standard InChI is InChI=1S/C18H32N2S2/c1-14(2)7-5-8-15(3)9-6-10-16(4)11-12-22-13-17(19)18(20)21/h7,9,11,17H,5-6,8,10,12-13,19H2,1-4H3,(H2,20,21)/t17-/m1/s1. The van der Waals surface area contributed by atoms with Gasteiger partial charge in [0.2, 0.25) is 0 Å². The summed E-state index contributed by atoms with van der Waals surface area (Å²) in [6.07, 6.45) is 11.5. The van der Waals surface area contributed by atoms with E-state index in [1.165, 1.54) is 23.1 Å². The molecular weight excluding hydrogens is 308 g/mol. The highest BCUT2D eigenvalue weighted by atomic mass is 32.2. The van der Waals surface area contributed by atoms with E-state index in [2.05, 4.69) is 45.9 Å². The molecule has 0 bridgehead atoms. The zero-order chi connectivity index (χ0) is 17.0. The van der Waals surface area contributed by atoms with Crippen LogP contribution in [-0.2, 0) is 0 Å². The predicted octanol–water partition coefficient (Wildman–Crippen LogP) is 4.75. The van der Waals surface area contributed by atoms with Crippen LogP contribution < -0.4 is 11.5 Å². The van der Waals surface area contributed by atoms with Gasteiger partial charge in [-0.15, -0.1) is 0 Å². The predicted molar refractivity (Wildman–Crippen MR) is 107 cm³/mol. The molecule has 0 radical (unpaired) electrons. The van der Waals surface area contributed by atoms with Crippen LogP contribution in [0.15, 0.2) is 34.9 Å². The van der Waals surface area contributed by atoms with Crippen LogP contribution in [0.1, 0.15) is 53.4 Å². The van der Waals surface area contributed by atoms with Gasteiger partial charge in [0.25, 0.3) is 0 Å². The number of hydrogen-bond donors (Lipinski definition) is 2. The molecular formula is C18H32N2S2. The Hall–Kier alpha value is -0.580. The minimum absolute atomic E-state index is 0.167. The van der Waals surface area contributed by atoms with Crippen LogP contribution in [0.4, 0.5) is 0 Å². The molecule has 0 aliphatic rings. The van der Waals surface area contributed by atoms with E-state index in [4.69, 9.17) is 23.7 Å². The van der Waals surface area contributed by atoms with Crippen molar-refractivity contribution in [1.29, 1.82) is 0 Å². The Bertz CT molecular complexity index is 419. The highest BCUT2D eigenvalue weighted by molar-refractivity contribution is 7.99. The summed E-state index contributed by atoms with van der Waals surface area (Å²) in [5, 5.41) is 0. The van der Waals surface area contributed by atoms with Gasteiger partial charge in [0.1, 0.15) is 0 Å². The van der Waals surface area contributed by atoms with Crippen LogP contribution in [0.2, 0.25) is 0 Å². The minimum atomic E-state index is -0.167. The van der Waals surface area contributed by atoms with Crippen molar-refractivity contribution >= 4 is 29.0 Å². The summed E-state index contributed by atoms with van der Waals surface area (Å²) in [7, 11) is 0. The molecule has 1 atom stereocenters. The molecule has 126 valence electrons. The zero-order valence-electron chi connectivity index (χ0n) is 14.5. The molecule has 0 spiro atoms. The van der Waals surface area contributed by atoms with E-state index in [-0.39, 0.29) is 6.04 Å². The third-order valence-corrected chi connectivity index (χ3v) is 4.64. The third-order valence-electron chi connectivity index (χ3n) is 3.34. The molecule has 0 aromatic heterocycles.